The lowest BCUT2D eigenvalue weighted by Crippen LogP contribution is -2.23. The third-order valence-electron chi connectivity index (χ3n) is 5.42. The molecule has 0 saturated carbocycles. The quantitative estimate of drug-likeness (QED) is 0.334. The summed E-state index contributed by atoms with van der Waals surface area (Å²) in [5.41, 5.74) is 3.99. The molecular weight excluding hydrogens is 458 g/mol. The van der Waals surface area contributed by atoms with Crippen molar-refractivity contribution in [2.45, 2.75) is 19.0 Å². The summed E-state index contributed by atoms with van der Waals surface area (Å²) in [6, 6.07) is 13.0. The average Bonchev–Trinajstić information content (AvgIpc) is 3.29. The number of aryl methyl sites for hydroxylation is 1. The van der Waals surface area contributed by atoms with Gasteiger partial charge in [-0.05, 0) is 54.6 Å². The highest BCUT2D eigenvalue weighted by atomic mass is 32.2. The number of aromatic nitrogens is 2. The molecule has 0 spiro atoms. The molecule has 7 nitrogen and oxygen atoms in total. The lowest BCUT2D eigenvalue weighted by Gasteiger charge is -2.19. The number of anilines is 1. The maximum absolute atomic E-state index is 13.3. The largest absolute Gasteiger partial charge is 0.486 e. The molecule has 0 fully saturated rings. The van der Waals surface area contributed by atoms with Crippen molar-refractivity contribution in [1.29, 1.82) is 0 Å². The molecule has 1 aliphatic heterocycles. The normalized spacial score (nSPS) is 12.7. The maximum Gasteiger partial charge on any atom is 0.276 e. The Hall–Kier alpha value is -3.30. The van der Waals surface area contributed by atoms with Gasteiger partial charge in [0.15, 0.2) is 16.7 Å². The van der Waals surface area contributed by atoms with E-state index in [0.717, 1.165) is 16.8 Å². The lowest BCUT2D eigenvalue weighted by atomic mass is 10.1. The number of nitrogens with one attached hydrogen (secondary N) is 1. The third-order valence-corrected chi connectivity index (χ3v) is 7.25. The van der Waals surface area contributed by atoms with Gasteiger partial charge in [-0.15, -0.1) is 11.3 Å². The highest BCUT2D eigenvalue weighted by molar-refractivity contribution is 7.99. The zero-order valence-corrected chi connectivity index (χ0v) is 19.7. The van der Waals surface area contributed by atoms with E-state index in [-0.39, 0.29) is 17.2 Å². The Morgan fingerprint density at radius 3 is 2.82 bits per heavy atom. The Labute approximate surface area is 198 Å². The third kappa shape index (κ3) is 4.21. The first-order valence-electron chi connectivity index (χ1n) is 10.4. The Balaban J connectivity index is 1.42. The van der Waals surface area contributed by atoms with Crippen LogP contribution in [0.25, 0.3) is 15.9 Å². The van der Waals surface area contributed by atoms with Crippen LogP contribution in [0.15, 0.2) is 57.8 Å². The van der Waals surface area contributed by atoms with Crippen LogP contribution in [-0.2, 0) is 4.79 Å². The maximum atomic E-state index is 13.3. The van der Waals surface area contributed by atoms with E-state index >= 15 is 0 Å². The number of nitrogens with zero attached hydrogens (tertiary/aromatic N) is 2. The molecule has 0 saturated heterocycles. The molecule has 0 atom stereocenters. The second-order valence-electron chi connectivity index (χ2n) is 7.58. The molecule has 1 N–H and O–H groups in total. The molecule has 5 rings (SSSR count). The monoisotopic (exact) mass is 479 g/mol. The van der Waals surface area contributed by atoms with E-state index in [2.05, 4.69) is 5.32 Å². The van der Waals surface area contributed by atoms with Gasteiger partial charge in [-0.3, -0.25) is 14.2 Å². The summed E-state index contributed by atoms with van der Waals surface area (Å²) in [6.45, 7) is 4.99. The van der Waals surface area contributed by atoms with Crippen LogP contribution in [0.4, 0.5) is 5.69 Å². The fourth-order valence-electron chi connectivity index (χ4n) is 3.63. The van der Waals surface area contributed by atoms with E-state index in [0.29, 0.717) is 45.8 Å². The van der Waals surface area contributed by atoms with Crippen molar-refractivity contribution >= 4 is 44.9 Å². The summed E-state index contributed by atoms with van der Waals surface area (Å²) in [5, 5.41) is 5.22. The number of ether oxygens (including phenoxy) is 2. The first-order valence-corrected chi connectivity index (χ1v) is 12.3. The second-order valence-corrected chi connectivity index (χ2v) is 9.44. The molecule has 9 heteroatoms. The van der Waals surface area contributed by atoms with Crippen LogP contribution in [-0.4, -0.2) is 34.4 Å². The number of hydrogen-bond acceptors (Lipinski definition) is 7. The smallest absolute Gasteiger partial charge is 0.276 e. The van der Waals surface area contributed by atoms with Crippen molar-refractivity contribution in [3.05, 3.63) is 69.3 Å². The molecule has 168 valence electrons. The fourth-order valence-corrected chi connectivity index (χ4v) is 5.19. The number of benzene rings is 2. The molecule has 0 bridgehead atoms. The van der Waals surface area contributed by atoms with Crippen molar-refractivity contribution in [2.75, 3.05) is 24.3 Å². The molecule has 1 aliphatic rings. The fraction of sp³-hybridized carbons (Fsp3) is 0.208. The number of fused-ring (bicyclic) bond motifs is 2. The minimum Gasteiger partial charge on any atom is -0.486 e. The number of amides is 1. The summed E-state index contributed by atoms with van der Waals surface area (Å²) in [6.07, 6.45) is 0. The van der Waals surface area contributed by atoms with Crippen molar-refractivity contribution < 1.29 is 14.3 Å². The van der Waals surface area contributed by atoms with E-state index in [9.17, 15) is 9.59 Å². The molecule has 1 amide bonds. The van der Waals surface area contributed by atoms with Crippen LogP contribution in [0.3, 0.4) is 0 Å². The predicted octanol–water partition coefficient (Wildman–Crippen LogP) is 4.57. The van der Waals surface area contributed by atoms with Gasteiger partial charge in [-0.1, -0.05) is 23.9 Å². The van der Waals surface area contributed by atoms with Gasteiger partial charge in [0.05, 0.1) is 17.0 Å². The van der Waals surface area contributed by atoms with Crippen LogP contribution in [0.1, 0.15) is 11.1 Å². The van der Waals surface area contributed by atoms with E-state index < -0.39 is 0 Å². The standard InChI is InChI=1S/C24H21N3O4S2/c1-14-4-3-5-18(15(14)2)27-23(29)22-17(8-11-32-22)26-24(27)33-13-21(28)25-16-6-7-19-20(12-16)31-10-9-30-19/h3-8,11-12H,9-10,13H2,1-2H3,(H,25,28). The number of carbonyl (C=O) groups excluding carboxylic acids is 1. The molecule has 0 unspecified atom stereocenters. The van der Waals surface area contributed by atoms with E-state index in [1.807, 2.05) is 43.5 Å². The number of hydrogen-bond donors (Lipinski definition) is 1. The zero-order valence-electron chi connectivity index (χ0n) is 18.1. The first-order chi connectivity index (χ1) is 16.0. The van der Waals surface area contributed by atoms with Gasteiger partial charge in [0.1, 0.15) is 17.9 Å². The summed E-state index contributed by atoms with van der Waals surface area (Å²) in [5.74, 6) is 1.17. The number of rotatable bonds is 5. The van der Waals surface area contributed by atoms with E-state index in [1.54, 1.807) is 22.8 Å². The van der Waals surface area contributed by atoms with Crippen LogP contribution in [0.2, 0.25) is 0 Å². The van der Waals surface area contributed by atoms with Crippen molar-refractivity contribution in [2.24, 2.45) is 0 Å². The van der Waals surface area contributed by atoms with E-state index in [1.165, 1.54) is 23.1 Å². The van der Waals surface area contributed by atoms with Crippen molar-refractivity contribution in [3.8, 4) is 17.2 Å². The highest BCUT2D eigenvalue weighted by Crippen LogP contribution is 2.33. The molecule has 33 heavy (non-hydrogen) atoms. The Morgan fingerprint density at radius 2 is 1.97 bits per heavy atom. The predicted molar refractivity (Wildman–Crippen MR) is 131 cm³/mol. The molecule has 0 radical (unpaired) electrons. The van der Waals surface area contributed by atoms with Crippen molar-refractivity contribution in [1.82, 2.24) is 9.55 Å². The summed E-state index contributed by atoms with van der Waals surface area (Å²) >= 11 is 2.61. The molecule has 4 aromatic rings. The van der Waals surface area contributed by atoms with Gasteiger partial charge in [0, 0.05) is 11.8 Å². The number of carbonyl (C=O) groups is 1. The van der Waals surface area contributed by atoms with Gasteiger partial charge in [-0.25, -0.2) is 4.98 Å². The average molecular weight is 480 g/mol. The number of thiophene rings is 1. The van der Waals surface area contributed by atoms with E-state index in [4.69, 9.17) is 14.5 Å². The minimum atomic E-state index is -0.205. The molecule has 0 aliphatic carbocycles. The topological polar surface area (TPSA) is 82.5 Å². The SMILES string of the molecule is Cc1cccc(-n2c(SCC(=O)Nc3ccc4c(c3)OCCO4)nc3ccsc3c2=O)c1C. The van der Waals surface area contributed by atoms with Gasteiger partial charge in [0.2, 0.25) is 5.91 Å². The van der Waals surface area contributed by atoms with Crippen LogP contribution < -0.4 is 20.3 Å². The van der Waals surface area contributed by atoms with Gasteiger partial charge in [-0.2, -0.15) is 0 Å². The summed E-state index contributed by atoms with van der Waals surface area (Å²) < 4.78 is 13.3. The van der Waals surface area contributed by atoms with Crippen molar-refractivity contribution in [3.63, 3.8) is 0 Å². The van der Waals surface area contributed by atoms with Gasteiger partial charge < -0.3 is 14.8 Å². The summed E-state index contributed by atoms with van der Waals surface area (Å²) in [7, 11) is 0. The number of thioether (sulfide) groups is 1. The van der Waals surface area contributed by atoms with Gasteiger partial charge in [0.25, 0.3) is 5.56 Å². The van der Waals surface area contributed by atoms with Gasteiger partial charge >= 0.3 is 0 Å². The minimum absolute atomic E-state index is 0.0986. The lowest BCUT2D eigenvalue weighted by molar-refractivity contribution is -0.113. The Bertz CT molecular complexity index is 1430. The first kappa shape index (κ1) is 21.5. The molecule has 3 heterocycles. The highest BCUT2D eigenvalue weighted by Gasteiger charge is 2.18. The Kier molecular flexibility index (Phi) is 5.82. The molecule has 2 aromatic heterocycles. The molecule has 2 aromatic carbocycles. The van der Waals surface area contributed by atoms with Crippen LogP contribution in [0, 0.1) is 13.8 Å². The van der Waals surface area contributed by atoms with Crippen LogP contribution in [0.5, 0.6) is 11.5 Å². The second kappa shape index (κ2) is 8.92. The van der Waals surface area contributed by atoms with Crippen LogP contribution >= 0.6 is 23.1 Å². The molecular formula is C24H21N3O4S2. The summed E-state index contributed by atoms with van der Waals surface area (Å²) in [4.78, 5) is 30.7. The Morgan fingerprint density at radius 1 is 1.15 bits per heavy atom. The zero-order chi connectivity index (χ0) is 22.9.